The highest BCUT2D eigenvalue weighted by atomic mass is 31.2. The zero-order valence-corrected chi connectivity index (χ0v) is 34.2. The molecule has 0 aromatic heterocycles. The van der Waals surface area contributed by atoms with E-state index in [2.05, 4.69) is 39.6 Å². The van der Waals surface area contributed by atoms with Crippen LogP contribution < -0.4 is 14.9 Å². The molecule has 2 N–H and O–H groups in total. The highest BCUT2D eigenvalue weighted by molar-refractivity contribution is 7.56. The summed E-state index contributed by atoms with van der Waals surface area (Å²) in [5.41, 5.74) is 2.23. The van der Waals surface area contributed by atoms with Crippen molar-refractivity contribution in [3.8, 4) is 5.75 Å². The number of amides is 3. The lowest BCUT2D eigenvalue weighted by Gasteiger charge is -2.37. The van der Waals surface area contributed by atoms with Crippen molar-refractivity contribution in [2.24, 2.45) is 0 Å². The number of rotatable bonds is 12. The van der Waals surface area contributed by atoms with Gasteiger partial charge in [0.15, 0.2) is 0 Å². The molecular weight excluding hydrogens is 752 g/mol. The van der Waals surface area contributed by atoms with Gasteiger partial charge in [0.1, 0.15) is 23.9 Å². The summed E-state index contributed by atoms with van der Waals surface area (Å²) in [6.45, 7) is 4.17. The Hall–Kier alpha value is -4.99. The van der Waals surface area contributed by atoms with E-state index in [9.17, 15) is 23.7 Å². The van der Waals surface area contributed by atoms with Crippen LogP contribution in [0.2, 0.25) is 0 Å². The smallest absolute Gasteiger partial charge is 0.323 e. The Morgan fingerprint density at radius 2 is 1.60 bits per heavy atom. The Labute approximate surface area is 340 Å². The van der Waals surface area contributed by atoms with E-state index in [0.717, 1.165) is 55.7 Å². The van der Waals surface area contributed by atoms with Crippen LogP contribution in [0.3, 0.4) is 0 Å². The van der Waals surface area contributed by atoms with Crippen LogP contribution in [0.1, 0.15) is 99.0 Å². The van der Waals surface area contributed by atoms with Gasteiger partial charge in [-0.1, -0.05) is 85.6 Å². The van der Waals surface area contributed by atoms with Crippen LogP contribution in [-0.4, -0.2) is 76.3 Å². The number of carbonyl (C=O) groups is 4. The van der Waals surface area contributed by atoms with Gasteiger partial charge in [-0.25, -0.2) is 5.09 Å². The maximum absolute atomic E-state index is 14.5. The lowest BCUT2D eigenvalue weighted by Crippen LogP contribution is -2.57. The van der Waals surface area contributed by atoms with E-state index in [4.69, 9.17) is 9.26 Å². The standard InChI is InChI=1S/C46H53N4O7P/c1-3-56-45(54)31(2)48-58(55,57-39-15-8-5-9-16-39)30-32-18-19-34-20-21-35(27-36(34)26-32)42(51)47-40-17-11-10-14-38-22-23-41(50(38)43(40)52)44(53)49-29-37(28-46(49)24-25-46)33-12-6-4-7-13-33/h4-9,12-13,15-16,18-21,26-27,31,37-38,40-41H,3,10-11,14,17,22-25,28-30H2,1-2H3,(H,47,51)(H,48,55)/t31-,37?,38-,40-,41-,58?/m0/s1. The third kappa shape index (κ3) is 8.43. The highest BCUT2D eigenvalue weighted by Gasteiger charge is 2.58. The molecule has 1 aliphatic carbocycles. The molecule has 1 spiro atoms. The fourth-order valence-corrected chi connectivity index (χ4v) is 11.5. The third-order valence-electron chi connectivity index (χ3n) is 12.5. The number of carbonyl (C=O) groups excluding carboxylic acids is 4. The van der Waals surface area contributed by atoms with Crippen molar-refractivity contribution in [3.05, 3.63) is 114 Å². The average molecular weight is 805 g/mol. The molecule has 0 radical (unpaired) electrons. The SMILES string of the molecule is CCOC(=O)[C@H](C)NP(=O)(Cc1ccc2ccc(C(=O)N[C@H]3CCCC[C@H]4CC[C@@H](C(=O)N5CC(c6ccccc6)CC56CC6)N4C3=O)cc2c1)Oc1ccccc1. The number of para-hydroxylation sites is 1. The minimum atomic E-state index is -3.69. The summed E-state index contributed by atoms with van der Waals surface area (Å²) in [6, 6.07) is 28.1. The van der Waals surface area contributed by atoms with Crippen molar-refractivity contribution < 1.29 is 33.0 Å². The molecule has 6 atom stereocenters. The minimum Gasteiger partial charge on any atom is -0.465 e. The molecule has 1 saturated carbocycles. The summed E-state index contributed by atoms with van der Waals surface area (Å²) in [5.74, 6) is -0.314. The maximum atomic E-state index is 14.5. The number of likely N-dealkylation sites (tertiary alicyclic amines) is 1. The molecule has 12 heteroatoms. The average Bonchev–Trinajstić information content (AvgIpc) is 3.71. The quantitative estimate of drug-likeness (QED) is 0.110. The van der Waals surface area contributed by atoms with Crippen molar-refractivity contribution in [2.45, 2.75) is 113 Å². The van der Waals surface area contributed by atoms with Gasteiger partial charge in [0.25, 0.3) is 5.91 Å². The summed E-state index contributed by atoms with van der Waals surface area (Å²) >= 11 is 0. The normalized spacial score (nSPS) is 24.0. The summed E-state index contributed by atoms with van der Waals surface area (Å²) in [7, 11) is -3.69. The number of nitrogens with zero attached hydrogens (tertiary/aromatic N) is 2. The maximum Gasteiger partial charge on any atom is 0.323 e. The van der Waals surface area contributed by atoms with E-state index >= 15 is 0 Å². The zero-order chi connectivity index (χ0) is 40.4. The molecule has 3 amide bonds. The van der Waals surface area contributed by atoms with E-state index in [1.807, 2.05) is 41.3 Å². The van der Waals surface area contributed by atoms with Gasteiger partial charge < -0.3 is 24.4 Å². The van der Waals surface area contributed by atoms with Crippen LogP contribution in [0.15, 0.2) is 97.1 Å². The molecule has 3 heterocycles. The lowest BCUT2D eigenvalue weighted by atomic mass is 9.96. The summed E-state index contributed by atoms with van der Waals surface area (Å²) in [5, 5.41) is 7.59. The number of fused-ring (bicyclic) bond motifs is 2. The van der Waals surface area contributed by atoms with E-state index in [0.29, 0.717) is 42.2 Å². The van der Waals surface area contributed by atoms with Gasteiger partial charge >= 0.3 is 13.5 Å². The Balaban J connectivity index is 0.982. The molecular formula is C46H53N4O7P. The van der Waals surface area contributed by atoms with Gasteiger partial charge in [0.2, 0.25) is 11.8 Å². The second-order valence-corrected chi connectivity index (χ2v) is 18.6. The topological polar surface area (TPSA) is 134 Å². The Bertz CT molecular complexity index is 2210. The highest BCUT2D eigenvalue weighted by Crippen LogP contribution is 2.55. The molecule has 0 bridgehead atoms. The second kappa shape index (κ2) is 16.7. The summed E-state index contributed by atoms with van der Waals surface area (Å²) in [4.78, 5) is 59.3. The molecule has 2 unspecified atom stereocenters. The van der Waals surface area contributed by atoms with Gasteiger partial charge in [0.05, 0.1) is 12.8 Å². The molecule has 8 rings (SSSR count). The molecule has 4 fully saturated rings. The van der Waals surface area contributed by atoms with Crippen molar-refractivity contribution >= 4 is 42.0 Å². The number of esters is 1. The van der Waals surface area contributed by atoms with Crippen molar-refractivity contribution in [3.63, 3.8) is 0 Å². The Morgan fingerprint density at radius 3 is 2.34 bits per heavy atom. The molecule has 304 valence electrons. The largest absolute Gasteiger partial charge is 0.465 e. The van der Waals surface area contributed by atoms with Crippen molar-refractivity contribution in [1.82, 2.24) is 20.2 Å². The summed E-state index contributed by atoms with van der Waals surface area (Å²) < 4.78 is 25.5. The van der Waals surface area contributed by atoms with Crippen LogP contribution in [0.25, 0.3) is 10.8 Å². The van der Waals surface area contributed by atoms with Gasteiger partial charge in [-0.05, 0) is 105 Å². The predicted octanol–water partition coefficient (Wildman–Crippen LogP) is 7.73. The Morgan fingerprint density at radius 1 is 0.879 bits per heavy atom. The fraction of sp³-hybridized carbons (Fsp3) is 0.435. The monoisotopic (exact) mass is 804 g/mol. The molecule has 3 aliphatic heterocycles. The van der Waals surface area contributed by atoms with Crippen LogP contribution in [-0.2, 0) is 29.8 Å². The van der Waals surface area contributed by atoms with Gasteiger partial charge in [-0.15, -0.1) is 0 Å². The van der Waals surface area contributed by atoms with Crippen molar-refractivity contribution in [2.75, 3.05) is 13.2 Å². The van der Waals surface area contributed by atoms with E-state index in [-0.39, 0.29) is 42.1 Å². The molecule has 58 heavy (non-hydrogen) atoms. The van der Waals surface area contributed by atoms with Gasteiger partial charge in [-0.3, -0.25) is 23.7 Å². The van der Waals surface area contributed by atoms with Crippen LogP contribution in [0.5, 0.6) is 5.75 Å². The fourth-order valence-electron chi connectivity index (χ4n) is 9.41. The minimum absolute atomic E-state index is 0.0143. The van der Waals surface area contributed by atoms with Gasteiger partial charge in [0, 0.05) is 29.6 Å². The number of nitrogens with one attached hydrogen (secondary N) is 2. The number of benzene rings is 4. The number of hydrogen-bond acceptors (Lipinski definition) is 7. The molecule has 4 aliphatic rings. The first-order valence-corrected chi connectivity index (χ1v) is 22.7. The van der Waals surface area contributed by atoms with E-state index in [1.54, 1.807) is 50.2 Å². The first-order valence-electron chi connectivity index (χ1n) is 20.8. The van der Waals surface area contributed by atoms with E-state index in [1.165, 1.54) is 5.56 Å². The van der Waals surface area contributed by atoms with Gasteiger partial charge in [-0.2, -0.15) is 0 Å². The molecule has 3 saturated heterocycles. The molecule has 4 aromatic carbocycles. The number of ether oxygens (including phenoxy) is 1. The van der Waals surface area contributed by atoms with Crippen molar-refractivity contribution in [1.29, 1.82) is 0 Å². The first-order chi connectivity index (χ1) is 28.0. The zero-order valence-electron chi connectivity index (χ0n) is 33.3. The molecule has 4 aromatic rings. The third-order valence-corrected chi connectivity index (χ3v) is 14.5. The number of hydrogen-bond donors (Lipinski definition) is 2. The van der Waals surface area contributed by atoms with Crippen LogP contribution in [0.4, 0.5) is 0 Å². The second-order valence-electron chi connectivity index (χ2n) is 16.5. The molecule has 11 nitrogen and oxygen atoms in total. The van der Waals surface area contributed by atoms with Crippen LogP contribution >= 0.6 is 7.52 Å². The first kappa shape index (κ1) is 39.8. The van der Waals surface area contributed by atoms with Crippen LogP contribution in [0, 0.1) is 0 Å². The van der Waals surface area contributed by atoms with E-state index < -0.39 is 31.6 Å². The summed E-state index contributed by atoms with van der Waals surface area (Å²) in [6.07, 6.45) is 7.48. The Kier molecular flexibility index (Phi) is 11.5. The lowest BCUT2D eigenvalue weighted by molar-refractivity contribution is -0.148. The predicted molar refractivity (Wildman–Crippen MR) is 222 cm³/mol.